The third kappa shape index (κ3) is 5.30. The van der Waals surface area contributed by atoms with E-state index in [2.05, 4.69) is 11.7 Å². The number of carbonyl (C=O) groups is 3. The molecule has 0 spiro atoms. The lowest BCUT2D eigenvalue weighted by Gasteiger charge is -2.37. The smallest absolute Gasteiger partial charge is 0.328 e. The molecule has 210 valence electrons. The molecule has 0 saturated carbocycles. The molecule has 0 bridgehead atoms. The lowest BCUT2D eigenvalue weighted by atomic mass is 9.76. The van der Waals surface area contributed by atoms with Crippen molar-refractivity contribution in [3.63, 3.8) is 0 Å². The quantitative estimate of drug-likeness (QED) is 0.233. The fourth-order valence-electron chi connectivity index (χ4n) is 5.21. The SMILES string of the molecule is C=CC(=O)N1CCC(C)(c2onc(-c3c(Cl)cc(Cl)cc3Cl)c2C(=O)n2ccc3c(/C=C/C(=O)O)cccc32)CC1. The number of carboxylic acid groups (broad SMARTS) is 1. The van der Waals surface area contributed by atoms with Crippen molar-refractivity contribution < 1.29 is 24.0 Å². The summed E-state index contributed by atoms with van der Waals surface area (Å²) >= 11 is 19.3. The van der Waals surface area contributed by atoms with Crippen molar-refractivity contribution in [3.8, 4) is 11.3 Å². The third-order valence-corrected chi connectivity index (χ3v) is 8.26. The number of benzene rings is 2. The highest BCUT2D eigenvalue weighted by Crippen LogP contribution is 2.44. The highest BCUT2D eigenvalue weighted by Gasteiger charge is 2.42. The molecule has 1 aliphatic rings. The summed E-state index contributed by atoms with van der Waals surface area (Å²) < 4.78 is 7.40. The molecule has 5 rings (SSSR count). The van der Waals surface area contributed by atoms with Crippen LogP contribution in [-0.2, 0) is 15.0 Å². The number of piperidine rings is 1. The summed E-state index contributed by atoms with van der Waals surface area (Å²) in [5.74, 6) is -1.32. The number of carbonyl (C=O) groups excluding carboxylic acids is 2. The predicted octanol–water partition coefficient (Wildman–Crippen LogP) is 7.11. The van der Waals surface area contributed by atoms with Crippen LogP contribution in [0.25, 0.3) is 28.2 Å². The zero-order valence-corrected chi connectivity index (χ0v) is 24.1. The number of amides is 1. The van der Waals surface area contributed by atoms with Gasteiger partial charge in [0.25, 0.3) is 5.91 Å². The molecule has 1 saturated heterocycles. The normalized spacial score (nSPS) is 15.0. The van der Waals surface area contributed by atoms with E-state index in [1.165, 1.54) is 28.9 Å². The van der Waals surface area contributed by atoms with Crippen LogP contribution < -0.4 is 0 Å². The number of aromatic nitrogens is 2. The Morgan fingerprint density at radius 3 is 2.41 bits per heavy atom. The summed E-state index contributed by atoms with van der Waals surface area (Å²) in [5, 5.41) is 14.8. The van der Waals surface area contributed by atoms with Crippen molar-refractivity contribution in [2.45, 2.75) is 25.2 Å². The summed E-state index contributed by atoms with van der Waals surface area (Å²) in [5.41, 5.74) is 1.22. The van der Waals surface area contributed by atoms with Crippen molar-refractivity contribution in [2.24, 2.45) is 0 Å². The van der Waals surface area contributed by atoms with Gasteiger partial charge in [-0.2, -0.15) is 0 Å². The van der Waals surface area contributed by atoms with Gasteiger partial charge in [0.05, 0.1) is 15.6 Å². The Labute approximate surface area is 250 Å². The van der Waals surface area contributed by atoms with E-state index < -0.39 is 17.3 Å². The average molecular weight is 613 g/mol. The summed E-state index contributed by atoms with van der Waals surface area (Å²) in [7, 11) is 0. The lowest BCUT2D eigenvalue weighted by Crippen LogP contribution is -2.43. The Hall–Kier alpha value is -3.85. The molecule has 2 aromatic carbocycles. The fraction of sp³-hybridized carbons (Fsp3) is 0.200. The summed E-state index contributed by atoms with van der Waals surface area (Å²) in [6, 6.07) is 10.0. The van der Waals surface area contributed by atoms with Gasteiger partial charge in [0, 0.05) is 46.7 Å². The van der Waals surface area contributed by atoms with Gasteiger partial charge in [-0.25, -0.2) is 4.79 Å². The number of hydrogen-bond donors (Lipinski definition) is 1. The van der Waals surface area contributed by atoms with Gasteiger partial charge in [-0.05, 0) is 54.8 Å². The molecule has 8 nitrogen and oxygen atoms in total. The number of likely N-dealkylation sites (tertiary alicyclic amines) is 1. The molecule has 0 atom stereocenters. The van der Waals surface area contributed by atoms with Gasteiger partial charge in [-0.15, -0.1) is 0 Å². The van der Waals surface area contributed by atoms with Crippen LogP contribution in [0.3, 0.4) is 0 Å². The van der Waals surface area contributed by atoms with E-state index in [4.69, 9.17) is 44.4 Å². The van der Waals surface area contributed by atoms with Crippen LogP contribution in [0.15, 0.2) is 65.8 Å². The minimum atomic E-state index is -1.08. The first-order chi connectivity index (χ1) is 19.5. The summed E-state index contributed by atoms with van der Waals surface area (Å²) in [4.78, 5) is 39.4. The molecule has 1 amide bonds. The Kier molecular flexibility index (Phi) is 7.83. The van der Waals surface area contributed by atoms with Crippen molar-refractivity contribution in [2.75, 3.05) is 13.1 Å². The minimum absolute atomic E-state index is 0.159. The van der Waals surface area contributed by atoms with E-state index in [9.17, 15) is 14.4 Å². The molecule has 3 heterocycles. The van der Waals surface area contributed by atoms with Crippen molar-refractivity contribution >= 4 is 69.6 Å². The summed E-state index contributed by atoms with van der Waals surface area (Å²) in [6.07, 6.45) is 6.44. The van der Waals surface area contributed by atoms with E-state index in [1.807, 2.05) is 6.92 Å². The molecule has 1 fully saturated rings. The van der Waals surface area contributed by atoms with Crippen LogP contribution in [0.1, 0.15) is 41.4 Å². The standard InChI is InChI=1S/C30H24Cl3N3O5/c1-3-23(37)35-13-10-30(2,11-14-35)28-26(27(34-41-28)25-20(32)15-18(31)16-21(25)33)29(40)36-12-9-19-17(7-8-24(38)39)5-4-6-22(19)36/h3-9,12,15-16H,1,10-11,13-14H2,2H3,(H,38,39)/b8-7+. The van der Waals surface area contributed by atoms with Crippen LogP contribution in [0.5, 0.6) is 0 Å². The molecule has 4 aromatic rings. The van der Waals surface area contributed by atoms with E-state index >= 15 is 0 Å². The van der Waals surface area contributed by atoms with Crippen molar-refractivity contribution in [3.05, 3.63) is 93.3 Å². The van der Waals surface area contributed by atoms with Crippen LogP contribution in [0.4, 0.5) is 0 Å². The third-order valence-electron chi connectivity index (χ3n) is 7.44. The van der Waals surface area contributed by atoms with Crippen LogP contribution in [-0.4, -0.2) is 50.6 Å². The number of carboxylic acids is 1. The fourth-order valence-corrected chi connectivity index (χ4v) is 6.21. The van der Waals surface area contributed by atoms with Gasteiger partial charge < -0.3 is 14.5 Å². The zero-order valence-electron chi connectivity index (χ0n) is 21.9. The first kappa shape index (κ1) is 28.7. The van der Waals surface area contributed by atoms with E-state index in [1.54, 1.807) is 35.4 Å². The largest absolute Gasteiger partial charge is 0.478 e. The second-order valence-corrected chi connectivity index (χ2v) is 11.3. The molecule has 0 unspecified atom stereocenters. The molecular weight excluding hydrogens is 589 g/mol. The maximum Gasteiger partial charge on any atom is 0.328 e. The van der Waals surface area contributed by atoms with E-state index in [-0.39, 0.29) is 27.2 Å². The Morgan fingerprint density at radius 2 is 1.78 bits per heavy atom. The number of fused-ring (bicyclic) bond motifs is 1. The van der Waals surface area contributed by atoms with Gasteiger partial charge in [0.15, 0.2) is 5.76 Å². The highest BCUT2D eigenvalue weighted by molar-refractivity contribution is 6.42. The predicted molar refractivity (Wildman–Crippen MR) is 159 cm³/mol. The van der Waals surface area contributed by atoms with E-state index in [0.29, 0.717) is 58.7 Å². The first-order valence-corrected chi connectivity index (χ1v) is 13.8. The van der Waals surface area contributed by atoms with Gasteiger partial charge >= 0.3 is 5.97 Å². The van der Waals surface area contributed by atoms with Gasteiger partial charge in [0.1, 0.15) is 11.3 Å². The number of halogens is 3. The van der Waals surface area contributed by atoms with Crippen molar-refractivity contribution in [1.29, 1.82) is 0 Å². The lowest BCUT2D eigenvalue weighted by molar-refractivity contribution is -0.131. The highest BCUT2D eigenvalue weighted by atomic mass is 35.5. The minimum Gasteiger partial charge on any atom is -0.478 e. The Balaban J connectivity index is 1.67. The topological polar surface area (TPSA) is 106 Å². The van der Waals surface area contributed by atoms with Crippen molar-refractivity contribution in [1.82, 2.24) is 14.6 Å². The first-order valence-electron chi connectivity index (χ1n) is 12.7. The molecule has 0 aliphatic carbocycles. The number of aliphatic carboxylic acids is 1. The van der Waals surface area contributed by atoms with Gasteiger partial charge in [-0.1, -0.05) is 65.6 Å². The maximum atomic E-state index is 14.4. The number of nitrogens with zero attached hydrogens (tertiary/aromatic N) is 3. The molecule has 11 heteroatoms. The number of rotatable bonds is 6. The molecule has 2 aromatic heterocycles. The molecule has 0 radical (unpaired) electrons. The molecule has 1 N–H and O–H groups in total. The molecule has 1 aliphatic heterocycles. The Bertz CT molecular complexity index is 1720. The zero-order chi connectivity index (χ0) is 29.5. The monoisotopic (exact) mass is 611 g/mol. The molecular formula is C30H24Cl3N3O5. The second kappa shape index (κ2) is 11.2. The van der Waals surface area contributed by atoms with Crippen LogP contribution >= 0.6 is 34.8 Å². The van der Waals surface area contributed by atoms with Crippen LogP contribution in [0, 0.1) is 0 Å². The summed E-state index contributed by atoms with van der Waals surface area (Å²) in [6.45, 7) is 6.43. The maximum absolute atomic E-state index is 14.4. The van der Waals surface area contributed by atoms with Gasteiger partial charge in [-0.3, -0.25) is 14.2 Å². The van der Waals surface area contributed by atoms with Gasteiger partial charge in [0.2, 0.25) is 5.91 Å². The van der Waals surface area contributed by atoms with Crippen LogP contribution in [0.2, 0.25) is 15.1 Å². The van der Waals surface area contributed by atoms with E-state index in [0.717, 1.165) is 6.08 Å². The average Bonchev–Trinajstić information content (AvgIpc) is 3.57. The number of hydrogen-bond acceptors (Lipinski definition) is 5. The Morgan fingerprint density at radius 1 is 1.10 bits per heavy atom. The molecule has 41 heavy (non-hydrogen) atoms. The second-order valence-electron chi connectivity index (χ2n) is 10.0.